The molecule has 0 aliphatic heterocycles. The highest BCUT2D eigenvalue weighted by Crippen LogP contribution is 2.31. The number of ether oxygens (including phenoxy) is 1. The summed E-state index contributed by atoms with van der Waals surface area (Å²) in [5, 5.41) is 3.30. The zero-order valence-electron chi connectivity index (χ0n) is 14.0. The Labute approximate surface area is 128 Å². The van der Waals surface area contributed by atoms with Crippen LogP contribution in [0.3, 0.4) is 0 Å². The van der Waals surface area contributed by atoms with Gasteiger partial charge in [0.15, 0.2) is 11.6 Å². The van der Waals surface area contributed by atoms with E-state index < -0.39 is 0 Å². The molecule has 0 unspecified atom stereocenters. The van der Waals surface area contributed by atoms with E-state index in [9.17, 15) is 0 Å². The molecule has 0 aromatic carbocycles. The molecule has 1 rings (SSSR count). The molecule has 0 radical (unpaired) electrons. The van der Waals surface area contributed by atoms with Crippen LogP contribution in [0.2, 0.25) is 0 Å². The lowest BCUT2D eigenvalue weighted by Gasteiger charge is -2.25. The fourth-order valence-electron chi connectivity index (χ4n) is 2.14. The van der Waals surface area contributed by atoms with Crippen molar-refractivity contribution in [2.75, 3.05) is 57.6 Å². The second-order valence-electron chi connectivity index (χ2n) is 5.24. The van der Waals surface area contributed by atoms with Crippen molar-refractivity contribution in [1.82, 2.24) is 14.9 Å². The Morgan fingerprint density at radius 2 is 1.95 bits per heavy atom. The molecule has 120 valence electrons. The first-order valence-electron chi connectivity index (χ1n) is 7.66. The highest BCUT2D eigenvalue weighted by atomic mass is 16.5. The third kappa shape index (κ3) is 5.38. The molecule has 1 heterocycles. The lowest BCUT2D eigenvalue weighted by atomic mass is 10.3. The smallest absolute Gasteiger partial charge is 0.204 e. The third-order valence-electron chi connectivity index (χ3n) is 3.25. The van der Waals surface area contributed by atoms with Crippen LogP contribution in [0.25, 0.3) is 0 Å². The van der Waals surface area contributed by atoms with Crippen LogP contribution < -0.4 is 15.0 Å². The van der Waals surface area contributed by atoms with Gasteiger partial charge in [0.25, 0.3) is 0 Å². The molecular weight excluding hydrogens is 266 g/mol. The highest BCUT2D eigenvalue weighted by molar-refractivity contribution is 5.64. The summed E-state index contributed by atoms with van der Waals surface area (Å²) in [6.07, 6.45) is 3.74. The lowest BCUT2D eigenvalue weighted by Crippen LogP contribution is -2.28. The van der Waals surface area contributed by atoms with Gasteiger partial charge in [-0.3, -0.25) is 0 Å². The van der Waals surface area contributed by atoms with Crippen LogP contribution in [0, 0.1) is 0 Å². The molecule has 0 amide bonds. The normalized spacial score (nSPS) is 10.8. The number of rotatable bonds is 10. The minimum Gasteiger partial charge on any atom is -0.490 e. The summed E-state index contributed by atoms with van der Waals surface area (Å²) in [5.41, 5.74) is 0. The molecule has 6 nitrogen and oxygen atoms in total. The molecule has 0 saturated carbocycles. The van der Waals surface area contributed by atoms with Crippen LogP contribution in [-0.2, 0) is 0 Å². The van der Waals surface area contributed by atoms with Gasteiger partial charge in [-0.1, -0.05) is 6.92 Å². The molecule has 0 aliphatic carbocycles. The Bertz CT molecular complexity index is 411. The van der Waals surface area contributed by atoms with E-state index in [1.165, 1.54) is 0 Å². The first-order valence-corrected chi connectivity index (χ1v) is 7.66. The van der Waals surface area contributed by atoms with E-state index >= 15 is 0 Å². The predicted octanol–water partition coefficient (Wildman–Crippen LogP) is 2.09. The van der Waals surface area contributed by atoms with Gasteiger partial charge in [0.05, 0.1) is 7.11 Å². The summed E-state index contributed by atoms with van der Waals surface area (Å²) < 4.78 is 5.54. The van der Waals surface area contributed by atoms with Crippen molar-refractivity contribution in [1.29, 1.82) is 0 Å². The first kappa shape index (κ1) is 17.5. The zero-order valence-corrected chi connectivity index (χ0v) is 14.0. The van der Waals surface area contributed by atoms with Crippen molar-refractivity contribution in [3.8, 4) is 5.75 Å². The Hall–Kier alpha value is -1.56. The van der Waals surface area contributed by atoms with E-state index in [1.807, 2.05) is 0 Å². The van der Waals surface area contributed by atoms with E-state index in [2.05, 4.69) is 53.0 Å². The van der Waals surface area contributed by atoms with Crippen LogP contribution in [0.4, 0.5) is 11.6 Å². The summed E-state index contributed by atoms with van der Waals surface area (Å²) in [7, 11) is 5.86. The number of nitrogens with zero attached hydrogens (tertiary/aromatic N) is 4. The van der Waals surface area contributed by atoms with Gasteiger partial charge in [-0.25, -0.2) is 9.97 Å². The largest absolute Gasteiger partial charge is 0.490 e. The summed E-state index contributed by atoms with van der Waals surface area (Å²) in [6, 6.07) is 0. The molecule has 1 N–H and O–H groups in total. The summed E-state index contributed by atoms with van der Waals surface area (Å²) in [6.45, 7) is 8.05. The van der Waals surface area contributed by atoms with Gasteiger partial charge in [-0.05, 0) is 40.4 Å². The van der Waals surface area contributed by atoms with Crippen molar-refractivity contribution < 1.29 is 4.74 Å². The van der Waals surface area contributed by atoms with E-state index in [4.69, 9.17) is 4.74 Å². The van der Waals surface area contributed by atoms with Gasteiger partial charge in [0, 0.05) is 19.6 Å². The Morgan fingerprint density at radius 1 is 1.19 bits per heavy atom. The van der Waals surface area contributed by atoms with Crippen molar-refractivity contribution in [2.24, 2.45) is 0 Å². The average Bonchev–Trinajstić information content (AvgIpc) is 2.48. The number of hydrogen-bond acceptors (Lipinski definition) is 6. The molecule has 0 fully saturated rings. The summed E-state index contributed by atoms with van der Waals surface area (Å²) >= 11 is 0. The molecule has 0 spiro atoms. The molecular formula is C15H29N5O. The maximum atomic E-state index is 5.54. The second-order valence-corrected chi connectivity index (χ2v) is 5.24. The Balaban J connectivity index is 2.86. The zero-order chi connectivity index (χ0) is 15.7. The van der Waals surface area contributed by atoms with Crippen molar-refractivity contribution in [3.63, 3.8) is 0 Å². The lowest BCUT2D eigenvalue weighted by molar-refractivity contribution is 0.397. The van der Waals surface area contributed by atoms with Gasteiger partial charge < -0.3 is 19.9 Å². The maximum absolute atomic E-state index is 5.54. The van der Waals surface area contributed by atoms with Crippen molar-refractivity contribution in [3.05, 3.63) is 6.33 Å². The fourth-order valence-corrected chi connectivity index (χ4v) is 2.14. The average molecular weight is 295 g/mol. The Morgan fingerprint density at radius 3 is 2.52 bits per heavy atom. The molecule has 21 heavy (non-hydrogen) atoms. The number of hydrogen-bond donors (Lipinski definition) is 1. The molecule has 0 atom stereocenters. The summed E-state index contributed by atoms with van der Waals surface area (Å²) in [5.74, 6) is 2.38. The van der Waals surface area contributed by atoms with Gasteiger partial charge in [0.1, 0.15) is 6.33 Å². The minimum atomic E-state index is 0.734. The summed E-state index contributed by atoms with van der Waals surface area (Å²) in [4.78, 5) is 13.1. The van der Waals surface area contributed by atoms with Gasteiger partial charge in [0.2, 0.25) is 5.75 Å². The third-order valence-corrected chi connectivity index (χ3v) is 3.25. The first-order chi connectivity index (χ1) is 10.1. The highest BCUT2D eigenvalue weighted by Gasteiger charge is 2.16. The predicted molar refractivity (Wildman–Crippen MR) is 88.4 cm³/mol. The number of aromatic nitrogens is 2. The topological polar surface area (TPSA) is 53.5 Å². The number of nitrogens with one attached hydrogen (secondary N) is 1. The van der Waals surface area contributed by atoms with Gasteiger partial charge >= 0.3 is 0 Å². The monoisotopic (exact) mass is 295 g/mol. The van der Waals surface area contributed by atoms with E-state index in [1.54, 1.807) is 13.4 Å². The van der Waals surface area contributed by atoms with Crippen LogP contribution in [0.15, 0.2) is 6.33 Å². The van der Waals surface area contributed by atoms with E-state index in [-0.39, 0.29) is 0 Å². The van der Waals surface area contributed by atoms with E-state index in [0.29, 0.717) is 0 Å². The molecule has 1 aromatic heterocycles. The molecule has 0 saturated heterocycles. The number of anilines is 2. The Kier molecular flexibility index (Phi) is 7.82. The van der Waals surface area contributed by atoms with Gasteiger partial charge in [-0.2, -0.15) is 0 Å². The molecule has 6 heteroatoms. The quantitative estimate of drug-likeness (QED) is 0.713. The van der Waals surface area contributed by atoms with Crippen molar-refractivity contribution >= 4 is 11.6 Å². The second kappa shape index (κ2) is 9.39. The SMILES string of the molecule is CCCNc1ncnc(N(CC)CCCN(C)C)c1OC. The van der Waals surface area contributed by atoms with Gasteiger partial charge in [-0.15, -0.1) is 0 Å². The van der Waals surface area contributed by atoms with Crippen LogP contribution >= 0.6 is 0 Å². The fraction of sp³-hybridized carbons (Fsp3) is 0.733. The minimum absolute atomic E-state index is 0.734. The number of methoxy groups -OCH3 is 1. The molecule has 0 bridgehead atoms. The molecule has 1 aromatic rings. The standard InChI is InChI=1S/C15H29N5O/c1-6-9-16-14-13(21-5)15(18-12-17-14)20(7-2)11-8-10-19(3)4/h12H,6-11H2,1-5H3,(H,16,17,18). The van der Waals surface area contributed by atoms with Crippen LogP contribution in [0.1, 0.15) is 26.7 Å². The van der Waals surface area contributed by atoms with Crippen molar-refractivity contribution in [2.45, 2.75) is 26.7 Å². The van der Waals surface area contributed by atoms with Crippen LogP contribution in [-0.4, -0.2) is 62.3 Å². The molecule has 0 aliphatic rings. The van der Waals surface area contributed by atoms with E-state index in [0.717, 1.165) is 56.4 Å². The van der Waals surface area contributed by atoms with Crippen LogP contribution in [0.5, 0.6) is 5.75 Å². The maximum Gasteiger partial charge on any atom is 0.204 e.